The van der Waals surface area contributed by atoms with Crippen molar-refractivity contribution in [1.29, 1.82) is 0 Å². The Morgan fingerprint density at radius 2 is 1.85 bits per heavy atom. The third kappa shape index (κ3) is 3.23. The van der Waals surface area contributed by atoms with Crippen molar-refractivity contribution in [2.75, 3.05) is 13.6 Å². The van der Waals surface area contributed by atoms with Crippen molar-refractivity contribution in [1.82, 2.24) is 14.9 Å². The summed E-state index contributed by atoms with van der Waals surface area (Å²) in [5, 5.41) is 0. The van der Waals surface area contributed by atoms with Crippen LogP contribution < -0.4 is 0 Å². The van der Waals surface area contributed by atoms with Crippen LogP contribution in [0.3, 0.4) is 0 Å². The molecule has 0 unspecified atom stereocenters. The van der Waals surface area contributed by atoms with Crippen LogP contribution in [0.2, 0.25) is 0 Å². The molecule has 1 aliphatic carbocycles. The quantitative estimate of drug-likeness (QED) is 0.805. The summed E-state index contributed by atoms with van der Waals surface area (Å²) in [7, 11) is 2.21. The van der Waals surface area contributed by atoms with Gasteiger partial charge in [0.2, 0.25) is 0 Å². The first-order chi connectivity index (χ1) is 9.84. The average Bonchev–Trinajstić information content (AvgIpc) is 3.32. The maximum absolute atomic E-state index is 4.56. The topological polar surface area (TPSA) is 29.0 Å². The van der Waals surface area contributed by atoms with Crippen LogP contribution in [0.5, 0.6) is 0 Å². The fourth-order valence-corrected chi connectivity index (χ4v) is 2.77. The second kappa shape index (κ2) is 6.14. The first-order valence-corrected chi connectivity index (χ1v) is 7.35. The molecule has 0 aromatic carbocycles. The van der Waals surface area contributed by atoms with Crippen LogP contribution in [0.4, 0.5) is 0 Å². The second-order valence-corrected chi connectivity index (χ2v) is 5.59. The number of aromatic nitrogens is 2. The minimum absolute atomic E-state index is 0.458. The molecule has 1 aliphatic rings. The monoisotopic (exact) mass is 267 g/mol. The van der Waals surface area contributed by atoms with Crippen molar-refractivity contribution in [3.05, 3.63) is 60.2 Å². The molecule has 3 heteroatoms. The van der Waals surface area contributed by atoms with Crippen LogP contribution in [0.25, 0.3) is 0 Å². The molecular weight excluding hydrogens is 246 g/mol. The number of rotatable bonds is 6. The largest absolute Gasteiger partial charge is 0.297 e. The van der Waals surface area contributed by atoms with Crippen molar-refractivity contribution in [2.45, 2.75) is 25.3 Å². The van der Waals surface area contributed by atoms with Gasteiger partial charge in [0.05, 0.1) is 11.7 Å². The molecule has 1 fully saturated rings. The Hall–Kier alpha value is -1.74. The van der Waals surface area contributed by atoms with Crippen LogP contribution in [-0.4, -0.2) is 28.5 Å². The van der Waals surface area contributed by atoms with Gasteiger partial charge in [0.25, 0.3) is 0 Å². The Labute approximate surface area is 120 Å². The molecule has 0 radical (unpaired) electrons. The number of hydrogen-bond acceptors (Lipinski definition) is 3. The number of pyridine rings is 2. The number of nitrogens with zero attached hydrogens (tertiary/aromatic N) is 3. The Balaban J connectivity index is 1.66. The first-order valence-electron chi connectivity index (χ1n) is 7.35. The molecule has 3 rings (SSSR count). The minimum atomic E-state index is 0.458. The van der Waals surface area contributed by atoms with Gasteiger partial charge in [-0.15, -0.1) is 0 Å². The van der Waals surface area contributed by atoms with E-state index in [2.05, 4.69) is 46.2 Å². The Bertz CT molecular complexity index is 522. The van der Waals surface area contributed by atoms with E-state index in [0.29, 0.717) is 6.04 Å². The normalized spacial score (nSPS) is 16.3. The van der Waals surface area contributed by atoms with Gasteiger partial charge in [0, 0.05) is 31.1 Å². The SMILES string of the molecule is CN(CCc1ccccn1)[C@H](c1ccccn1)C1CC1. The maximum atomic E-state index is 4.56. The summed E-state index contributed by atoms with van der Waals surface area (Å²) in [4.78, 5) is 11.4. The van der Waals surface area contributed by atoms with Crippen molar-refractivity contribution in [2.24, 2.45) is 5.92 Å². The summed E-state index contributed by atoms with van der Waals surface area (Å²) in [6.07, 6.45) is 7.42. The lowest BCUT2D eigenvalue weighted by atomic mass is 10.1. The van der Waals surface area contributed by atoms with Crippen LogP contribution in [0, 0.1) is 5.92 Å². The zero-order valence-corrected chi connectivity index (χ0v) is 11.9. The summed E-state index contributed by atoms with van der Waals surface area (Å²) < 4.78 is 0. The molecular formula is C17H21N3. The van der Waals surface area contributed by atoms with Gasteiger partial charge in [-0.3, -0.25) is 14.9 Å². The third-order valence-corrected chi connectivity index (χ3v) is 3.98. The summed E-state index contributed by atoms with van der Waals surface area (Å²) in [6.45, 7) is 1.02. The molecule has 1 saturated carbocycles. The van der Waals surface area contributed by atoms with Gasteiger partial charge >= 0.3 is 0 Å². The highest BCUT2D eigenvalue weighted by Gasteiger charge is 2.35. The predicted octanol–water partition coefficient (Wildman–Crippen LogP) is 3.10. The van der Waals surface area contributed by atoms with E-state index in [9.17, 15) is 0 Å². The second-order valence-electron chi connectivity index (χ2n) is 5.59. The Morgan fingerprint density at radius 1 is 1.10 bits per heavy atom. The molecule has 1 atom stereocenters. The van der Waals surface area contributed by atoms with Gasteiger partial charge in [0.15, 0.2) is 0 Å². The molecule has 0 N–H and O–H groups in total. The fraction of sp³-hybridized carbons (Fsp3) is 0.412. The molecule has 0 bridgehead atoms. The van der Waals surface area contributed by atoms with Gasteiger partial charge in [-0.05, 0) is 50.1 Å². The van der Waals surface area contributed by atoms with Crippen LogP contribution in [0.1, 0.15) is 30.3 Å². The van der Waals surface area contributed by atoms with Crippen LogP contribution in [-0.2, 0) is 6.42 Å². The van der Waals surface area contributed by atoms with Crippen molar-refractivity contribution in [3.63, 3.8) is 0 Å². The number of hydrogen-bond donors (Lipinski definition) is 0. The van der Waals surface area contributed by atoms with Gasteiger partial charge in [-0.2, -0.15) is 0 Å². The van der Waals surface area contributed by atoms with E-state index in [1.54, 1.807) is 0 Å². The van der Waals surface area contributed by atoms with E-state index in [-0.39, 0.29) is 0 Å². The Kier molecular flexibility index (Phi) is 4.07. The smallest absolute Gasteiger partial charge is 0.0578 e. The van der Waals surface area contributed by atoms with E-state index in [1.165, 1.54) is 18.5 Å². The summed E-state index contributed by atoms with van der Waals surface area (Å²) in [5.41, 5.74) is 2.37. The minimum Gasteiger partial charge on any atom is -0.297 e. The maximum Gasteiger partial charge on any atom is 0.0578 e. The standard InChI is InChI=1S/C17H21N3/c1-20(13-10-15-6-2-4-11-18-15)17(14-8-9-14)16-7-3-5-12-19-16/h2-7,11-12,14,17H,8-10,13H2,1H3/t17-/m0/s1. The van der Waals surface area contributed by atoms with E-state index in [0.717, 1.165) is 24.6 Å². The lowest BCUT2D eigenvalue weighted by molar-refractivity contribution is 0.218. The summed E-state index contributed by atoms with van der Waals surface area (Å²) in [6, 6.07) is 12.8. The molecule has 2 heterocycles. The van der Waals surface area contributed by atoms with Crippen molar-refractivity contribution in [3.8, 4) is 0 Å². The molecule has 2 aromatic heterocycles. The molecule has 0 aliphatic heterocycles. The lowest BCUT2D eigenvalue weighted by Crippen LogP contribution is -2.29. The third-order valence-electron chi connectivity index (χ3n) is 3.98. The highest BCUT2D eigenvalue weighted by molar-refractivity contribution is 5.13. The number of likely N-dealkylation sites (N-methyl/N-ethyl adjacent to an activating group) is 1. The molecule has 0 amide bonds. The van der Waals surface area contributed by atoms with Gasteiger partial charge in [0.1, 0.15) is 0 Å². The van der Waals surface area contributed by atoms with E-state index < -0.39 is 0 Å². The predicted molar refractivity (Wildman–Crippen MR) is 80.3 cm³/mol. The zero-order valence-electron chi connectivity index (χ0n) is 11.9. The molecule has 0 saturated heterocycles. The molecule has 104 valence electrons. The Morgan fingerprint density at radius 3 is 2.45 bits per heavy atom. The summed E-state index contributed by atoms with van der Waals surface area (Å²) in [5.74, 6) is 0.777. The first kappa shape index (κ1) is 13.3. The lowest BCUT2D eigenvalue weighted by Gasteiger charge is -2.27. The molecule has 0 spiro atoms. The van der Waals surface area contributed by atoms with E-state index in [1.807, 2.05) is 24.5 Å². The zero-order chi connectivity index (χ0) is 13.8. The van der Waals surface area contributed by atoms with Crippen molar-refractivity contribution < 1.29 is 0 Å². The van der Waals surface area contributed by atoms with Gasteiger partial charge in [-0.1, -0.05) is 12.1 Å². The van der Waals surface area contributed by atoms with E-state index >= 15 is 0 Å². The highest BCUT2D eigenvalue weighted by atomic mass is 15.1. The van der Waals surface area contributed by atoms with Crippen LogP contribution in [0.15, 0.2) is 48.8 Å². The van der Waals surface area contributed by atoms with Crippen LogP contribution >= 0.6 is 0 Å². The van der Waals surface area contributed by atoms with Crippen molar-refractivity contribution >= 4 is 0 Å². The summed E-state index contributed by atoms with van der Waals surface area (Å²) >= 11 is 0. The van der Waals surface area contributed by atoms with Gasteiger partial charge in [-0.25, -0.2) is 0 Å². The van der Waals surface area contributed by atoms with Gasteiger partial charge < -0.3 is 0 Å². The highest BCUT2D eigenvalue weighted by Crippen LogP contribution is 2.43. The molecule has 20 heavy (non-hydrogen) atoms. The molecule has 2 aromatic rings. The van der Waals surface area contributed by atoms with E-state index in [4.69, 9.17) is 0 Å². The average molecular weight is 267 g/mol. The molecule has 3 nitrogen and oxygen atoms in total. The fourth-order valence-electron chi connectivity index (χ4n) is 2.77.